The maximum Gasteiger partial charge on any atom is 0.181 e. The van der Waals surface area contributed by atoms with Crippen molar-refractivity contribution >= 4 is 17.9 Å². The number of phenolic OH excluding ortho intramolecular Hbond substituents is 1. The van der Waals surface area contributed by atoms with E-state index in [1.165, 1.54) is 0 Å². The van der Waals surface area contributed by atoms with E-state index in [1.54, 1.807) is 0 Å². The zero-order valence-corrected chi connectivity index (χ0v) is 6.40. The Balaban J connectivity index is 3.49. The van der Waals surface area contributed by atoms with Crippen molar-refractivity contribution in [2.75, 3.05) is 0 Å². The maximum atomic E-state index is 12.6. The van der Waals surface area contributed by atoms with Crippen LogP contribution in [0.4, 0.5) is 8.78 Å². The Morgan fingerprint density at radius 3 is 2.50 bits per heavy atom. The van der Waals surface area contributed by atoms with Gasteiger partial charge in [-0.1, -0.05) is 11.6 Å². The molecule has 0 spiro atoms. The van der Waals surface area contributed by atoms with Crippen LogP contribution in [0.5, 0.6) is 5.75 Å². The van der Waals surface area contributed by atoms with E-state index in [0.29, 0.717) is 0 Å². The van der Waals surface area contributed by atoms with Gasteiger partial charge in [-0.05, 0) is 6.07 Å². The first kappa shape index (κ1) is 8.93. The molecule has 12 heavy (non-hydrogen) atoms. The second kappa shape index (κ2) is 3.06. The quantitative estimate of drug-likeness (QED) is 0.547. The topological polar surface area (TPSA) is 37.3 Å². The van der Waals surface area contributed by atoms with Gasteiger partial charge in [0.25, 0.3) is 0 Å². The molecule has 0 aliphatic heterocycles. The van der Waals surface area contributed by atoms with Crippen LogP contribution >= 0.6 is 11.6 Å². The van der Waals surface area contributed by atoms with Gasteiger partial charge in [0, 0.05) is 0 Å². The number of rotatable bonds is 1. The Labute approximate surface area is 71.4 Å². The van der Waals surface area contributed by atoms with E-state index in [2.05, 4.69) is 0 Å². The predicted octanol–water partition coefficient (Wildman–Crippen LogP) is 2.14. The van der Waals surface area contributed by atoms with Gasteiger partial charge in [0.1, 0.15) is 10.8 Å². The fourth-order valence-corrected chi connectivity index (χ4v) is 0.833. The van der Waals surface area contributed by atoms with Gasteiger partial charge >= 0.3 is 0 Å². The van der Waals surface area contributed by atoms with Gasteiger partial charge in [-0.2, -0.15) is 0 Å². The van der Waals surface area contributed by atoms with Crippen molar-refractivity contribution in [3.8, 4) is 5.75 Å². The summed E-state index contributed by atoms with van der Waals surface area (Å²) < 4.78 is 25.3. The number of hydrogen-bond acceptors (Lipinski definition) is 2. The Bertz CT molecular complexity index is 339. The molecule has 0 unspecified atom stereocenters. The second-order valence-electron chi connectivity index (χ2n) is 2.04. The smallest absolute Gasteiger partial charge is 0.181 e. The van der Waals surface area contributed by atoms with Crippen molar-refractivity contribution in [1.29, 1.82) is 0 Å². The number of aldehydes is 1. The Hall–Kier alpha value is -1.16. The zero-order valence-electron chi connectivity index (χ0n) is 5.64. The highest BCUT2D eigenvalue weighted by atomic mass is 35.5. The van der Waals surface area contributed by atoms with Crippen LogP contribution in [-0.2, 0) is 0 Å². The molecule has 0 atom stereocenters. The normalized spacial score (nSPS) is 9.92. The van der Waals surface area contributed by atoms with E-state index in [9.17, 15) is 13.6 Å². The molecule has 0 aliphatic carbocycles. The monoisotopic (exact) mass is 192 g/mol. The molecule has 64 valence electrons. The minimum atomic E-state index is -1.42. The molecule has 1 N–H and O–H groups in total. The molecule has 0 aliphatic rings. The number of phenols is 1. The summed E-state index contributed by atoms with van der Waals surface area (Å²) in [7, 11) is 0. The Morgan fingerprint density at radius 2 is 2.00 bits per heavy atom. The maximum absolute atomic E-state index is 12.6. The molecule has 0 aromatic heterocycles. The molecule has 1 aromatic rings. The van der Waals surface area contributed by atoms with E-state index in [-0.39, 0.29) is 6.29 Å². The molecule has 0 radical (unpaired) electrons. The van der Waals surface area contributed by atoms with Crippen molar-refractivity contribution in [3.63, 3.8) is 0 Å². The van der Waals surface area contributed by atoms with Gasteiger partial charge in [0.2, 0.25) is 0 Å². The summed E-state index contributed by atoms with van der Waals surface area (Å²) in [5, 5.41) is 8.12. The summed E-state index contributed by atoms with van der Waals surface area (Å²) in [6.07, 6.45) is 0.0917. The van der Waals surface area contributed by atoms with Gasteiger partial charge in [-0.15, -0.1) is 0 Å². The zero-order chi connectivity index (χ0) is 9.30. The highest BCUT2D eigenvalue weighted by molar-refractivity contribution is 6.32. The summed E-state index contributed by atoms with van der Waals surface area (Å²) >= 11 is 5.13. The molecule has 0 fully saturated rings. The summed E-state index contributed by atoms with van der Waals surface area (Å²) in [6, 6.07) is 0.758. The number of carbonyl (C=O) groups is 1. The van der Waals surface area contributed by atoms with E-state index in [1.807, 2.05) is 0 Å². The number of carbonyl (C=O) groups excluding carboxylic acids is 1. The number of halogens is 3. The fraction of sp³-hybridized carbons (Fsp3) is 0. The minimum Gasteiger partial charge on any atom is -0.506 e. The van der Waals surface area contributed by atoms with Gasteiger partial charge in [0.05, 0.1) is 5.56 Å². The van der Waals surface area contributed by atoms with Crippen molar-refractivity contribution < 1.29 is 18.7 Å². The molecule has 1 rings (SSSR count). The number of hydrogen-bond donors (Lipinski definition) is 1. The Morgan fingerprint density at radius 1 is 1.42 bits per heavy atom. The minimum absolute atomic E-state index is 0.0917. The third-order valence-electron chi connectivity index (χ3n) is 1.28. The average molecular weight is 193 g/mol. The van der Waals surface area contributed by atoms with Gasteiger partial charge in [0.15, 0.2) is 17.9 Å². The van der Waals surface area contributed by atoms with E-state index < -0.39 is 28.0 Å². The molecule has 0 saturated carbocycles. The lowest BCUT2D eigenvalue weighted by molar-refractivity contribution is 0.111. The molecular weight excluding hydrogens is 190 g/mol. The lowest BCUT2D eigenvalue weighted by Crippen LogP contribution is -1.93. The summed E-state index contributed by atoms with van der Waals surface area (Å²) in [5.41, 5.74) is -0.561. The van der Waals surface area contributed by atoms with Crippen LogP contribution in [0.1, 0.15) is 10.4 Å². The molecule has 1 aromatic carbocycles. The van der Waals surface area contributed by atoms with Crippen molar-refractivity contribution in [1.82, 2.24) is 0 Å². The van der Waals surface area contributed by atoms with Crippen LogP contribution in [0.25, 0.3) is 0 Å². The lowest BCUT2D eigenvalue weighted by atomic mass is 10.2. The van der Waals surface area contributed by atoms with Crippen molar-refractivity contribution in [3.05, 3.63) is 28.3 Å². The van der Waals surface area contributed by atoms with Gasteiger partial charge in [-0.3, -0.25) is 4.79 Å². The molecule has 0 heterocycles. The first-order valence-electron chi connectivity index (χ1n) is 2.89. The SMILES string of the molecule is O=Cc1cc(O)c(Cl)c(F)c1F. The Kier molecular flexibility index (Phi) is 2.28. The summed E-state index contributed by atoms with van der Waals surface area (Å²) in [5.74, 6) is -3.43. The highest BCUT2D eigenvalue weighted by Gasteiger charge is 2.15. The lowest BCUT2D eigenvalue weighted by Gasteiger charge is -2.00. The van der Waals surface area contributed by atoms with E-state index in [0.717, 1.165) is 6.07 Å². The van der Waals surface area contributed by atoms with Crippen LogP contribution in [0.3, 0.4) is 0 Å². The van der Waals surface area contributed by atoms with Crippen LogP contribution in [-0.4, -0.2) is 11.4 Å². The predicted molar refractivity (Wildman–Crippen MR) is 38.4 cm³/mol. The van der Waals surface area contributed by atoms with Gasteiger partial charge < -0.3 is 5.11 Å². The third-order valence-corrected chi connectivity index (χ3v) is 1.64. The first-order valence-corrected chi connectivity index (χ1v) is 3.27. The summed E-state index contributed by atoms with van der Waals surface area (Å²) in [4.78, 5) is 10.1. The van der Waals surface area contributed by atoms with Crippen LogP contribution in [0.2, 0.25) is 5.02 Å². The molecule has 5 heteroatoms. The first-order chi connectivity index (χ1) is 5.57. The average Bonchev–Trinajstić information content (AvgIpc) is 2.08. The van der Waals surface area contributed by atoms with Gasteiger partial charge in [-0.25, -0.2) is 8.78 Å². The molecule has 0 amide bonds. The van der Waals surface area contributed by atoms with Crippen LogP contribution in [0, 0.1) is 11.6 Å². The van der Waals surface area contributed by atoms with Crippen LogP contribution < -0.4 is 0 Å². The van der Waals surface area contributed by atoms with Crippen LogP contribution in [0.15, 0.2) is 6.07 Å². The number of aromatic hydroxyl groups is 1. The third kappa shape index (κ3) is 1.25. The van der Waals surface area contributed by atoms with E-state index >= 15 is 0 Å². The molecular formula is C7H3ClF2O2. The standard InChI is InChI=1S/C7H3ClF2O2/c8-5-4(12)1-3(2-11)6(9)7(5)10/h1-2,12H. The van der Waals surface area contributed by atoms with Crippen molar-refractivity contribution in [2.45, 2.75) is 0 Å². The van der Waals surface area contributed by atoms with Crippen molar-refractivity contribution in [2.24, 2.45) is 0 Å². The second-order valence-corrected chi connectivity index (χ2v) is 2.42. The molecule has 2 nitrogen and oxygen atoms in total. The highest BCUT2D eigenvalue weighted by Crippen LogP contribution is 2.29. The molecule has 0 bridgehead atoms. The van der Waals surface area contributed by atoms with E-state index in [4.69, 9.17) is 16.7 Å². The molecule has 0 saturated heterocycles. The fourth-order valence-electron chi connectivity index (χ4n) is 0.695. The number of benzene rings is 1. The largest absolute Gasteiger partial charge is 0.506 e. The summed E-state index contributed by atoms with van der Waals surface area (Å²) in [6.45, 7) is 0.